The molecule has 8 heavy (non-hydrogen) atoms. The molecule has 0 aromatic carbocycles. The Morgan fingerprint density at radius 2 is 2.12 bits per heavy atom. The first-order valence-electron chi connectivity index (χ1n) is 1.71. The molecular formula is C3H4BrNO2S. The Morgan fingerprint density at radius 1 is 1.75 bits per heavy atom. The van der Waals surface area contributed by atoms with E-state index in [1.807, 2.05) is 0 Å². The van der Waals surface area contributed by atoms with E-state index in [2.05, 4.69) is 15.9 Å². The van der Waals surface area contributed by atoms with Crippen LogP contribution in [0.15, 0.2) is 0 Å². The number of sulfone groups is 1. The van der Waals surface area contributed by atoms with Crippen molar-refractivity contribution in [3.8, 4) is 6.07 Å². The molecule has 0 amide bonds. The van der Waals surface area contributed by atoms with Crippen molar-refractivity contribution >= 4 is 25.8 Å². The molecule has 0 bridgehead atoms. The Bertz CT molecular complexity index is 202. The van der Waals surface area contributed by atoms with Crippen LogP contribution >= 0.6 is 15.9 Å². The highest BCUT2D eigenvalue weighted by atomic mass is 79.9. The fourth-order valence-corrected chi connectivity index (χ4v) is 0.287. The average Bonchev–Trinajstić information content (AvgIpc) is 1.62. The normalized spacial score (nSPS) is 14.6. The number of hydrogen-bond acceptors (Lipinski definition) is 3. The van der Waals surface area contributed by atoms with Gasteiger partial charge in [0.15, 0.2) is 9.84 Å². The summed E-state index contributed by atoms with van der Waals surface area (Å²) in [7, 11) is -3.20. The summed E-state index contributed by atoms with van der Waals surface area (Å²) in [4.78, 5) is 0. The first kappa shape index (κ1) is 7.92. The van der Waals surface area contributed by atoms with Crippen molar-refractivity contribution in [3.63, 3.8) is 0 Å². The molecule has 0 radical (unpaired) electrons. The van der Waals surface area contributed by atoms with Crippen LogP contribution in [0.1, 0.15) is 0 Å². The van der Waals surface area contributed by atoms with Crippen molar-refractivity contribution in [1.82, 2.24) is 0 Å². The fourth-order valence-electron chi connectivity index (χ4n) is 0.0957. The van der Waals surface area contributed by atoms with E-state index in [0.29, 0.717) is 0 Å². The summed E-state index contributed by atoms with van der Waals surface area (Å²) in [5, 5.41) is 7.99. The second-order valence-electron chi connectivity index (χ2n) is 1.27. The minimum atomic E-state index is -3.20. The predicted molar refractivity (Wildman–Crippen MR) is 33.2 cm³/mol. The lowest BCUT2D eigenvalue weighted by Gasteiger charge is -1.91. The molecule has 0 N–H and O–H groups in total. The lowest BCUT2D eigenvalue weighted by atomic mass is 10.9. The number of alkyl halides is 1. The first-order valence-corrected chi connectivity index (χ1v) is 4.58. The second-order valence-corrected chi connectivity index (χ2v) is 4.93. The first-order chi connectivity index (χ1) is 3.48. The number of rotatable bonds is 1. The molecule has 0 saturated heterocycles. The summed E-state index contributed by atoms with van der Waals surface area (Å²) in [6.07, 6.45) is 0.996. The zero-order valence-corrected chi connectivity index (χ0v) is 6.53. The summed E-state index contributed by atoms with van der Waals surface area (Å²) in [6, 6.07) is 1.53. The summed E-state index contributed by atoms with van der Waals surface area (Å²) >= 11 is 2.65. The Hall–Kier alpha value is -0.0800. The second kappa shape index (κ2) is 2.46. The van der Waals surface area contributed by atoms with Crippen LogP contribution in [0.3, 0.4) is 0 Å². The average molecular weight is 198 g/mol. The zero-order valence-electron chi connectivity index (χ0n) is 4.13. The van der Waals surface area contributed by atoms with Gasteiger partial charge >= 0.3 is 0 Å². The minimum Gasteiger partial charge on any atom is -0.227 e. The van der Waals surface area contributed by atoms with Gasteiger partial charge in [0.2, 0.25) is 4.16 Å². The SMILES string of the molecule is CS(=O)(=O)[C@@H](Br)C#N. The molecule has 3 nitrogen and oxygen atoms in total. The zero-order chi connectivity index (χ0) is 6.78. The van der Waals surface area contributed by atoms with E-state index >= 15 is 0 Å². The third-order valence-electron chi connectivity index (χ3n) is 0.477. The molecule has 0 heterocycles. The van der Waals surface area contributed by atoms with Gasteiger partial charge in [0.25, 0.3) is 0 Å². The molecule has 1 atom stereocenters. The van der Waals surface area contributed by atoms with E-state index in [0.717, 1.165) is 6.26 Å². The van der Waals surface area contributed by atoms with Crippen LogP contribution in [-0.4, -0.2) is 18.8 Å². The van der Waals surface area contributed by atoms with E-state index in [1.54, 1.807) is 0 Å². The highest BCUT2D eigenvalue weighted by Crippen LogP contribution is 2.04. The van der Waals surface area contributed by atoms with Crippen LogP contribution < -0.4 is 0 Å². The molecule has 5 heteroatoms. The monoisotopic (exact) mass is 197 g/mol. The van der Waals surface area contributed by atoms with E-state index in [9.17, 15) is 8.42 Å². The van der Waals surface area contributed by atoms with E-state index < -0.39 is 14.0 Å². The number of nitriles is 1. The molecule has 0 aliphatic heterocycles. The van der Waals surface area contributed by atoms with Crippen molar-refractivity contribution in [3.05, 3.63) is 0 Å². The number of halogens is 1. The van der Waals surface area contributed by atoms with Gasteiger partial charge in [0.1, 0.15) is 0 Å². The van der Waals surface area contributed by atoms with Gasteiger partial charge < -0.3 is 0 Å². The maximum atomic E-state index is 10.3. The molecule has 0 aromatic rings. The highest BCUT2D eigenvalue weighted by molar-refractivity contribution is 9.11. The van der Waals surface area contributed by atoms with Crippen LogP contribution in [0, 0.1) is 11.3 Å². The molecule has 0 aromatic heterocycles. The molecule has 46 valence electrons. The third-order valence-corrected chi connectivity index (χ3v) is 3.58. The van der Waals surface area contributed by atoms with Crippen molar-refractivity contribution in [1.29, 1.82) is 5.26 Å². The van der Waals surface area contributed by atoms with Crippen molar-refractivity contribution < 1.29 is 8.42 Å². The molecular weight excluding hydrogens is 194 g/mol. The van der Waals surface area contributed by atoms with Gasteiger partial charge in [-0.25, -0.2) is 8.42 Å². The van der Waals surface area contributed by atoms with Gasteiger partial charge in [0.05, 0.1) is 6.07 Å². The molecule has 0 unspecified atom stereocenters. The Kier molecular flexibility index (Phi) is 2.44. The van der Waals surface area contributed by atoms with Gasteiger partial charge in [-0.05, 0) is 0 Å². The van der Waals surface area contributed by atoms with Crippen molar-refractivity contribution in [2.24, 2.45) is 0 Å². The topological polar surface area (TPSA) is 57.9 Å². The van der Waals surface area contributed by atoms with Crippen LogP contribution in [0.4, 0.5) is 0 Å². The maximum Gasteiger partial charge on any atom is 0.201 e. The van der Waals surface area contributed by atoms with Crippen molar-refractivity contribution in [2.75, 3.05) is 6.26 Å². The summed E-state index contributed by atoms with van der Waals surface area (Å²) in [5.74, 6) is 0. The molecule has 0 fully saturated rings. The highest BCUT2D eigenvalue weighted by Gasteiger charge is 2.14. The lowest BCUT2D eigenvalue weighted by Crippen LogP contribution is -2.08. The van der Waals surface area contributed by atoms with Gasteiger partial charge in [-0.3, -0.25) is 0 Å². The van der Waals surface area contributed by atoms with Gasteiger partial charge in [-0.15, -0.1) is 0 Å². The van der Waals surface area contributed by atoms with E-state index in [-0.39, 0.29) is 0 Å². The molecule has 0 aliphatic carbocycles. The van der Waals surface area contributed by atoms with E-state index in [4.69, 9.17) is 5.26 Å². The lowest BCUT2D eigenvalue weighted by molar-refractivity contribution is 0.603. The van der Waals surface area contributed by atoms with Crippen LogP contribution in [0.25, 0.3) is 0 Å². The number of nitrogens with zero attached hydrogens (tertiary/aromatic N) is 1. The molecule has 0 spiro atoms. The van der Waals surface area contributed by atoms with Crippen LogP contribution in [-0.2, 0) is 9.84 Å². The van der Waals surface area contributed by atoms with Gasteiger partial charge in [0, 0.05) is 6.26 Å². The van der Waals surface area contributed by atoms with Crippen LogP contribution in [0.2, 0.25) is 0 Å². The van der Waals surface area contributed by atoms with Crippen LogP contribution in [0.5, 0.6) is 0 Å². The predicted octanol–water partition coefficient (Wildman–Crippen LogP) is 0.276. The smallest absolute Gasteiger partial charge is 0.201 e. The largest absolute Gasteiger partial charge is 0.227 e. The molecule has 0 saturated carbocycles. The Morgan fingerprint density at radius 3 is 2.12 bits per heavy atom. The maximum absolute atomic E-state index is 10.3. The van der Waals surface area contributed by atoms with E-state index in [1.165, 1.54) is 6.07 Å². The quantitative estimate of drug-likeness (QED) is 0.568. The molecule has 0 aliphatic rings. The summed E-state index contributed by atoms with van der Waals surface area (Å²) < 4.78 is 19.5. The minimum absolute atomic E-state index is 0.996. The Balaban J connectivity index is 4.34. The summed E-state index contributed by atoms with van der Waals surface area (Å²) in [5.41, 5.74) is 0. The fraction of sp³-hybridized carbons (Fsp3) is 0.667. The van der Waals surface area contributed by atoms with Gasteiger partial charge in [-0.1, -0.05) is 15.9 Å². The standard InChI is InChI=1S/C3H4BrNO2S/c1-8(6,7)3(4)2-5/h3H,1H3/t3-/m1/s1. The Labute approximate surface area is 56.4 Å². The molecule has 0 rings (SSSR count). The van der Waals surface area contributed by atoms with Gasteiger partial charge in [-0.2, -0.15) is 5.26 Å². The number of hydrogen-bond donors (Lipinski definition) is 0. The summed E-state index contributed by atoms with van der Waals surface area (Å²) in [6.45, 7) is 0. The van der Waals surface area contributed by atoms with Crippen molar-refractivity contribution in [2.45, 2.75) is 4.16 Å². The third kappa shape index (κ3) is 2.28.